The number of carbonyl (C=O) groups excluding carboxylic acids is 1. The SMILES string of the molecule is Cc1cc(OCC2CCN(C(=O)Cc3ccc(F)cc3)CC2)ccn1. The number of nitrogens with zero attached hydrogens (tertiary/aromatic N) is 2. The molecule has 0 bridgehead atoms. The number of benzene rings is 1. The molecule has 1 aromatic heterocycles. The first-order chi connectivity index (χ1) is 12.1. The van der Waals surface area contributed by atoms with E-state index in [0.717, 1.165) is 42.9 Å². The smallest absolute Gasteiger partial charge is 0.226 e. The van der Waals surface area contributed by atoms with Crippen LogP contribution in [0.2, 0.25) is 0 Å². The third kappa shape index (κ3) is 5.02. The fourth-order valence-electron chi connectivity index (χ4n) is 3.06. The molecular formula is C20H23FN2O2. The van der Waals surface area contributed by atoms with Crippen LogP contribution in [0, 0.1) is 18.7 Å². The molecule has 0 N–H and O–H groups in total. The molecule has 25 heavy (non-hydrogen) atoms. The van der Waals surface area contributed by atoms with E-state index in [1.807, 2.05) is 24.0 Å². The maximum absolute atomic E-state index is 12.9. The van der Waals surface area contributed by atoms with E-state index in [0.29, 0.717) is 18.9 Å². The number of halogens is 1. The summed E-state index contributed by atoms with van der Waals surface area (Å²) in [5, 5.41) is 0. The largest absolute Gasteiger partial charge is 0.493 e. The number of pyridine rings is 1. The molecule has 0 atom stereocenters. The Morgan fingerprint density at radius 2 is 1.96 bits per heavy atom. The van der Waals surface area contributed by atoms with Gasteiger partial charge in [0, 0.05) is 31.0 Å². The molecular weight excluding hydrogens is 319 g/mol. The summed E-state index contributed by atoms with van der Waals surface area (Å²) < 4.78 is 18.8. The molecule has 1 aliphatic heterocycles. The highest BCUT2D eigenvalue weighted by Crippen LogP contribution is 2.20. The van der Waals surface area contributed by atoms with Gasteiger partial charge in [0.15, 0.2) is 0 Å². The maximum Gasteiger partial charge on any atom is 0.226 e. The Kier molecular flexibility index (Phi) is 5.64. The van der Waals surface area contributed by atoms with Crippen molar-refractivity contribution in [2.24, 2.45) is 5.92 Å². The fraction of sp³-hybridized carbons (Fsp3) is 0.400. The number of aryl methyl sites for hydroxylation is 1. The van der Waals surface area contributed by atoms with Gasteiger partial charge in [0.25, 0.3) is 0 Å². The van der Waals surface area contributed by atoms with Crippen molar-refractivity contribution < 1.29 is 13.9 Å². The Labute approximate surface area is 147 Å². The minimum atomic E-state index is -0.276. The van der Waals surface area contributed by atoms with E-state index in [4.69, 9.17) is 4.74 Å². The maximum atomic E-state index is 12.9. The lowest BCUT2D eigenvalue weighted by atomic mass is 9.97. The monoisotopic (exact) mass is 342 g/mol. The van der Waals surface area contributed by atoms with Crippen LogP contribution in [0.3, 0.4) is 0 Å². The Morgan fingerprint density at radius 1 is 1.24 bits per heavy atom. The predicted octanol–water partition coefficient (Wildman–Crippen LogP) is 3.39. The molecule has 1 saturated heterocycles. The number of hydrogen-bond acceptors (Lipinski definition) is 3. The number of aromatic nitrogens is 1. The summed E-state index contributed by atoms with van der Waals surface area (Å²) in [5.74, 6) is 1.14. The normalized spacial score (nSPS) is 15.2. The lowest BCUT2D eigenvalue weighted by molar-refractivity contribution is -0.132. The van der Waals surface area contributed by atoms with Crippen molar-refractivity contribution in [2.75, 3.05) is 19.7 Å². The standard InChI is InChI=1S/C20H23FN2O2/c1-15-12-19(6-9-22-15)25-14-17-7-10-23(11-8-17)20(24)13-16-2-4-18(21)5-3-16/h2-6,9,12,17H,7-8,10-11,13-14H2,1H3. The van der Waals surface area contributed by atoms with Crippen LogP contribution in [0.4, 0.5) is 4.39 Å². The van der Waals surface area contributed by atoms with Crippen LogP contribution in [-0.2, 0) is 11.2 Å². The van der Waals surface area contributed by atoms with Crippen LogP contribution in [0.15, 0.2) is 42.6 Å². The third-order valence-electron chi connectivity index (χ3n) is 4.59. The summed E-state index contributed by atoms with van der Waals surface area (Å²) in [5.41, 5.74) is 1.80. The summed E-state index contributed by atoms with van der Waals surface area (Å²) in [4.78, 5) is 18.4. The first-order valence-electron chi connectivity index (χ1n) is 8.68. The zero-order chi connectivity index (χ0) is 17.6. The van der Waals surface area contributed by atoms with Gasteiger partial charge in [0.2, 0.25) is 5.91 Å². The van der Waals surface area contributed by atoms with Gasteiger partial charge in [-0.1, -0.05) is 12.1 Å². The molecule has 0 spiro atoms. The quantitative estimate of drug-likeness (QED) is 0.836. The zero-order valence-corrected chi connectivity index (χ0v) is 14.5. The van der Waals surface area contributed by atoms with Gasteiger partial charge in [0.05, 0.1) is 13.0 Å². The average Bonchev–Trinajstić information content (AvgIpc) is 2.62. The fourth-order valence-corrected chi connectivity index (χ4v) is 3.06. The van der Waals surface area contributed by atoms with E-state index in [1.165, 1.54) is 12.1 Å². The number of likely N-dealkylation sites (tertiary alicyclic amines) is 1. The van der Waals surface area contributed by atoms with Crippen LogP contribution in [0.5, 0.6) is 5.75 Å². The lowest BCUT2D eigenvalue weighted by Crippen LogP contribution is -2.40. The van der Waals surface area contributed by atoms with Crippen molar-refractivity contribution in [1.82, 2.24) is 9.88 Å². The molecule has 1 aromatic carbocycles. The van der Waals surface area contributed by atoms with E-state index in [9.17, 15) is 9.18 Å². The molecule has 2 heterocycles. The van der Waals surface area contributed by atoms with Gasteiger partial charge in [-0.15, -0.1) is 0 Å². The number of ether oxygens (including phenoxy) is 1. The number of carbonyl (C=O) groups is 1. The number of amides is 1. The van der Waals surface area contributed by atoms with Crippen LogP contribution in [0.1, 0.15) is 24.1 Å². The molecule has 2 aromatic rings. The Bertz CT molecular complexity index is 710. The van der Waals surface area contributed by atoms with Gasteiger partial charge in [-0.3, -0.25) is 9.78 Å². The van der Waals surface area contributed by atoms with E-state index in [-0.39, 0.29) is 11.7 Å². The van der Waals surface area contributed by atoms with Gasteiger partial charge >= 0.3 is 0 Å². The van der Waals surface area contributed by atoms with Gasteiger partial charge in [-0.25, -0.2) is 4.39 Å². The van der Waals surface area contributed by atoms with Crippen LogP contribution in [-0.4, -0.2) is 35.5 Å². The zero-order valence-electron chi connectivity index (χ0n) is 14.5. The summed E-state index contributed by atoms with van der Waals surface area (Å²) in [6.07, 6.45) is 3.97. The summed E-state index contributed by atoms with van der Waals surface area (Å²) in [6, 6.07) is 9.94. The molecule has 1 fully saturated rings. The van der Waals surface area contributed by atoms with Gasteiger partial charge < -0.3 is 9.64 Å². The molecule has 0 aliphatic carbocycles. The van der Waals surface area contributed by atoms with Crippen LogP contribution < -0.4 is 4.74 Å². The average molecular weight is 342 g/mol. The first kappa shape index (κ1) is 17.4. The molecule has 0 radical (unpaired) electrons. The van der Waals surface area contributed by atoms with Crippen molar-refractivity contribution in [3.8, 4) is 5.75 Å². The van der Waals surface area contributed by atoms with E-state index >= 15 is 0 Å². The van der Waals surface area contributed by atoms with E-state index < -0.39 is 0 Å². The second-order valence-corrected chi connectivity index (χ2v) is 6.57. The highest BCUT2D eigenvalue weighted by atomic mass is 19.1. The number of rotatable bonds is 5. The summed E-state index contributed by atoms with van der Waals surface area (Å²) >= 11 is 0. The molecule has 5 heteroatoms. The van der Waals surface area contributed by atoms with Crippen molar-refractivity contribution in [1.29, 1.82) is 0 Å². The summed E-state index contributed by atoms with van der Waals surface area (Å²) in [6.45, 7) is 4.12. The summed E-state index contributed by atoms with van der Waals surface area (Å²) in [7, 11) is 0. The van der Waals surface area contributed by atoms with Crippen molar-refractivity contribution in [2.45, 2.75) is 26.2 Å². The van der Waals surface area contributed by atoms with E-state index in [1.54, 1.807) is 18.3 Å². The molecule has 1 aliphatic rings. The van der Waals surface area contributed by atoms with Crippen molar-refractivity contribution >= 4 is 5.91 Å². The Balaban J connectivity index is 1.43. The number of hydrogen-bond donors (Lipinski definition) is 0. The van der Waals surface area contributed by atoms with Gasteiger partial charge in [0.1, 0.15) is 11.6 Å². The predicted molar refractivity (Wildman–Crippen MR) is 93.9 cm³/mol. The first-order valence-corrected chi connectivity index (χ1v) is 8.68. The van der Waals surface area contributed by atoms with E-state index in [2.05, 4.69) is 4.98 Å². The molecule has 0 unspecified atom stereocenters. The topological polar surface area (TPSA) is 42.4 Å². The Morgan fingerprint density at radius 3 is 2.64 bits per heavy atom. The molecule has 1 amide bonds. The molecule has 0 saturated carbocycles. The Hall–Kier alpha value is -2.43. The molecule has 132 valence electrons. The van der Waals surface area contributed by atoms with Gasteiger partial charge in [-0.2, -0.15) is 0 Å². The number of piperidine rings is 1. The van der Waals surface area contributed by atoms with Gasteiger partial charge in [-0.05, 0) is 49.4 Å². The van der Waals surface area contributed by atoms with Crippen molar-refractivity contribution in [3.05, 3.63) is 59.7 Å². The minimum Gasteiger partial charge on any atom is -0.493 e. The minimum absolute atomic E-state index is 0.107. The molecule has 3 rings (SSSR count). The third-order valence-corrected chi connectivity index (χ3v) is 4.59. The van der Waals surface area contributed by atoms with Crippen molar-refractivity contribution in [3.63, 3.8) is 0 Å². The molecule has 4 nitrogen and oxygen atoms in total. The highest BCUT2D eigenvalue weighted by Gasteiger charge is 2.23. The van der Waals surface area contributed by atoms with Crippen LogP contribution in [0.25, 0.3) is 0 Å². The highest BCUT2D eigenvalue weighted by molar-refractivity contribution is 5.78. The second-order valence-electron chi connectivity index (χ2n) is 6.57. The van der Waals surface area contributed by atoms with Crippen LogP contribution >= 0.6 is 0 Å². The second kappa shape index (κ2) is 8.10. The lowest BCUT2D eigenvalue weighted by Gasteiger charge is -2.32.